The van der Waals surface area contributed by atoms with Crippen molar-refractivity contribution in [1.29, 1.82) is 0 Å². The third-order valence-corrected chi connectivity index (χ3v) is 6.61. The van der Waals surface area contributed by atoms with Crippen LogP contribution < -0.4 is 0 Å². The summed E-state index contributed by atoms with van der Waals surface area (Å²) in [7, 11) is -3.51. The number of halogens is 1. The van der Waals surface area contributed by atoms with Crippen LogP contribution in [0.5, 0.6) is 0 Å². The fourth-order valence-corrected chi connectivity index (χ4v) is 5.18. The van der Waals surface area contributed by atoms with Gasteiger partial charge in [-0.05, 0) is 43.0 Å². The second-order valence-corrected chi connectivity index (χ2v) is 9.80. The summed E-state index contributed by atoms with van der Waals surface area (Å²) < 4.78 is 25.8. The molecule has 1 saturated heterocycles. The van der Waals surface area contributed by atoms with E-state index in [2.05, 4.69) is 15.9 Å². The molecule has 26 heavy (non-hydrogen) atoms. The summed E-state index contributed by atoms with van der Waals surface area (Å²) in [5.41, 5.74) is 2.93. The van der Waals surface area contributed by atoms with Gasteiger partial charge in [0.25, 0.3) is 0 Å². The van der Waals surface area contributed by atoms with Crippen LogP contribution in [0.3, 0.4) is 0 Å². The molecule has 0 bridgehead atoms. The zero-order valence-corrected chi connectivity index (χ0v) is 17.1. The van der Waals surface area contributed by atoms with Gasteiger partial charge in [-0.3, -0.25) is 4.79 Å². The summed E-state index contributed by atoms with van der Waals surface area (Å²) in [6.07, 6.45) is 1.77. The quantitative estimate of drug-likeness (QED) is 0.711. The van der Waals surface area contributed by atoms with Crippen molar-refractivity contribution in [1.82, 2.24) is 4.90 Å². The van der Waals surface area contributed by atoms with E-state index in [0.29, 0.717) is 12.1 Å². The maximum Gasteiger partial charge on any atom is 0.238 e. The lowest BCUT2D eigenvalue weighted by Crippen LogP contribution is -2.35. The van der Waals surface area contributed by atoms with Crippen molar-refractivity contribution < 1.29 is 13.2 Å². The van der Waals surface area contributed by atoms with E-state index in [0.717, 1.165) is 22.9 Å². The van der Waals surface area contributed by atoms with Crippen molar-refractivity contribution >= 4 is 31.7 Å². The standard InChI is InChI=1S/C20H22BrNO3S/c1-15-7-9-17(10-8-15)19-6-3-11-22(19)20(23)14-26(24,25)13-16-4-2-5-18(21)12-16/h2,4-5,7-10,12,19H,3,6,11,13-14H2,1H3. The topological polar surface area (TPSA) is 54.5 Å². The normalized spacial score (nSPS) is 17.5. The van der Waals surface area contributed by atoms with Crippen LogP contribution in [0, 0.1) is 6.92 Å². The van der Waals surface area contributed by atoms with Crippen molar-refractivity contribution in [2.45, 2.75) is 31.6 Å². The summed E-state index contributed by atoms with van der Waals surface area (Å²) in [5.74, 6) is -0.869. The first-order valence-electron chi connectivity index (χ1n) is 8.65. The van der Waals surface area contributed by atoms with Gasteiger partial charge in [-0.15, -0.1) is 0 Å². The van der Waals surface area contributed by atoms with E-state index in [1.807, 2.05) is 37.3 Å². The van der Waals surface area contributed by atoms with E-state index >= 15 is 0 Å². The molecule has 0 spiro atoms. The first-order chi connectivity index (χ1) is 12.3. The molecular weight excluding hydrogens is 414 g/mol. The highest BCUT2D eigenvalue weighted by Gasteiger charge is 2.32. The molecule has 1 atom stereocenters. The van der Waals surface area contributed by atoms with Gasteiger partial charge in [-0.2, -0.15) is 0 Å². The highest BCUT2D eigenvalue weighted by atomic mass is 79.9. The minimum absolute atomic E-state index is 0.0239. The average molecular weight is 436 g/mol. The molecule has 1 aliphatic rings. The molecule has 6 heteroatoms. The number of carbonyl (C=O) groups excluding carboxylic acids is 1. The Kier molecular flexibility index (Phi) is 5.82. The largest absolute Gasteiger partial charge is 0.335 e. The predicted molar refractivity (Wildman–Crippen MR) is 106 cm³/mol. The summed E-state index contributed by atoms with van der Waals surface area (Å²) in [5, 5.41) is 0. The first kappa shape index (κ1) is 19.1. The molecule has 1 amide bonds. The first-order valence-corrected chi connectivity index (χ1v) is 11.3. The Labute approximate surface area is 163 Å². The summed E-state index contributed by atoms with van der Waals surface area (Å²) in [6.45, 7) is 2.64. The summed E-state index contributed by atoms with van der Waals surface area (Å²) in [6, 6.07) is 15.3. The molecule has 0 saturated carbocycles. The molecule has 1 heterocycles. The molecule has 1 unspecified atom stereocenters. The van der Waals surface area contributed by atoms with Crippen LogP contribution in [0.2, 0.25) is 0 Å². The van der Waals surface area contributed by atoms with Crippen molar-refractivity contribution in [3.63, 3.8) is 0 Å². The second kappa shape index (κ2) is 7.92. The molecule has 1 fully saturated rings. The molecule has 1 aliphatic heterocycles. The van der Waals surface area contributed by atoms with E-state index in [9.17, 15) is 13.2 Å². The zero-order valence-electron chi connectivity index (χ0n) is 14.7. The molecular formula is C20H22BrNO3S. The number of amides is 1. The number of rotatable bonds is 5. The molecule has 2 aromatic carbocycles. The third-order valence-electron chi connectivity index (χ3n) is 4.65. The lowest BCUT2D eigenvalue weighted by Gasteiger charge is -2.25. The predicted octanol–water partition coefficient (Wildman–Crippen LogP) is 4.04. The van der Waals surface area contributed by atoms with Crippen LogP contribution in [-0.2, 0) is 20.4 Å². The Bertz CT molecular complexity index is 894. The number of likely N-dealkylation sites (tertiary alicyclic amines) is 1. The van der Waals surface area contributed by atoms with Crippen molar-refractivity contribution in [2.24, 2.45) is 0 Å². The minimum Gasteiger partial charge on any atom is -0.335 e. The van der Waals surface area contributed by atoms with E-state index in [-0.39, 0.29) is 17.7 Å². The molecule has 0 N–H and O–H groups in total. The molecule has 0 radical (unpaired) electrons. The van der Waals surface area contributed by atoms with Crippen LogP contribution in [0.4, 0.5) is 0 Å². The summed E-state index contributed by atoms with van der Waals surface area (Å²) in [4.78, 5) is 14.4. The van der Waals surface area contributed by atoms with Crippen LogP contribution in [0.15, 0.2) is 53.0 Å². The lowest BCUT2D eigenvalue weighted by atomic mass is 10.0. The van der Waals surface area contributed by atoms with Gasteiger partial charge in [0.05, 0.1) is 11.8 Å². The average Bonchev–Trinajstić information content (AvgIpc) is 3.04. The molecule has 0 aromatic heterocycles. The monoisotopic (exact) mass is 435 g/mol. The number of hydrogen-bond acceptors (Lipinski definition) is 3. The van der Waals surface area contributed by atoms with Crippen molar-refractivity contribution in [2.75, 3.05) is 12.3 Å². The minimum atomic E-state index is -3.51. The smallest absolute Gasteiger partial charge is 0.238 e. The van der Waals surface area contributed by atoms with Gasteiger partial charge in [-0.1, -0.05) is 57.9 Å². The molecule has 2 aromatic rings. The number of sulfone groups is 1. The maximum atomic E-state index is 12.7. The number of aryl methyl sites for hydroxylation is 1. The van der Waals surface area contributed by atoms with Gasteiger partial charge in [0.2, 0.25) is 5.91 Å². The second-order valence-electron chi connectivity index (χ2n) is 6.82. The Morgan fingerprint density at radius 3 is 2.62 bits per heavy atom. The highest BCUT2D eigenvalue weighted by molar-refractivity contribution is 9.10. The Hall–Kier alpha value is -1.66. The fraction of sp³-hybridized carbons (Fsp3) is 0.350. The van der Waals surface area contributed by atoms with E-state index in [4.69, 9.17) is 0 Å². The van der Waals surface area contributed by atoms with Gasteiger partial charge < -0.3 is 4.90 Å². The van der Waals surface area contributed by atoms with E-state index in [1.54, 1.807) is 23.1 Å². The highest BCUT2D eigenvalue weighted by Crippen LogP contribution is 2.32. The van der Waals surface area contributed by atoms with Gasteiger partial charge >= 0.3 is 0 Å². The number of benzene rings is 2. The van der Waals surface area contributed by atoms with Gasteiger partial charge in [-0.25, -0.2) is 8.42 Å². The van der Waals surface area contributed by atoms with Crippen LogP contribution in [-0.4, -0.2) is 31.5 Å². The lowest BCUT2D eigenvalue weighted by molar-refractivity contribution is -0.129. The van der Waals surface area contributed by atoms with E-state index < -0.39 is 15.6 Å². The van der Waals surface area contributed by atoms with Crippen molar-refractivity contribution in [3.05, 3.63) is 69.7 Å². The van der Waals surface area contributed by atoms with Crippen LogP contribution in [0.1, 0.15) is 35.6 Å². The molecule has 3 rings (SSSR count). The Morgan fingerprint density at radius 1 is 1.19 bits per heavy atom. The van der Waals surface area contributed by atoms with Crippen LogP contribution in [0.25, 0.3) is 0 Å². The van der Waals surface area contributed by atoms with Crippen LogP contribution >= 0.6 is 15.9 Å². The van der Waals surface area contributed by atoms with Gasteiger partial charge in [0, 0.05) is 11.0 Å². The number of nitrogens with zero attached hydrogens (tertiary/aromatic N) is 1. The van der Waals surface area contributed by atoms with Gasteiger partial charge in [0.15, 0.2) is 9.84 Å². The third kappa shape index (κ3) is 4.74. The molecule has 138 valence electrons. The Balaban J connectivity index is 1.70. The maximum absolute atomic E-state index is 12.7. The Morgan fingerprint density at radius 2 is 1.92 bits per heavy atom. The summed E-state index contributed by atoms with van der Waals surface area (Å²) >= 11 is 3.34. The molecule has 0 aliphatic carbocycles. The van der Waals surface area contributed by atoms with E-state index in [1.165, 1.54) is 5.56 Å². The molecule has 4 nitrogen and oxygen atoms in total. The SMILES string of the molecule is Cc1ccc(C2CCCN2C(=O)CS(=O)(=O)Cc2cccc(Br)c2)cc1. The van der Waals surface area contributed by atoms with Gasteiger partial charge in [0.1, 0.15) is 5.75 Å². The number of hydrogen-bond donors (Lipinski definition) is 0. The van der Waals surface area contributed by atoms with Crippen molar-refractivity contribution in [3.8, 4) is 0 Å². The zero-order chi connectivity index (χ0) is 18.7. The fourth-order valence-electron chi connectivity index (χ4n) is 3.40. The number of carbonyl (C=O) groups is 1.